The molecular weight excluding hydrogens is 665 g/mol. The molecular formula is C53H30N2. The standard InChI is InChI=1S/C53H30N2/c1-2-19-38-37(18-1)48-40-20-7-12-27-47(40)54(51(48)52-49(38)41-22-13-21-39-36-17-6-11-26-46(36)55(52)50(39)41)31-28-29-35-34-16-5-10-25-44(34)53(45(35)30-31)42-23-8-3-14-32(42)33-15-4-9-24-43(33)53/h1-30H. The molecule has 14 rings (SSSR count). The van der Waals surface area contributed by atoms with Gasteiger partial charge in [0.2, 0.25) is 0 Å². The van der Waals surface area contributed by atoms with Crippen LogP contribution in [0.4, 0.5) is 0 Å². The number of rotatable bonds is 1. The van der Waals surface area contributed by atoms with Crippen molar-refractivity contribution in [3.05, 3.63) is 204 Å². The van der Waals surface area contributed by atoms with Gasteiger partial charge in [0.05, 0.1) is 33.0 Å². The maximum Gasteiger partial charge on any atom is 0.0795 e. The van der Waals surface area contributed by atoms with Gasteiger partial charge in [0, 0.05) is 38.0 Å². The number of hydrogen-bond acceptors (Lipinski definition) is 0. The molecule has 0 aliphatic heterocycles. The van der Waals surface area contributed by atoms with Crippen LogP contribution in [0.1, 0.15) is 22.3 Å². The van der Waals surface area contributed by atoms with Gasteiger partial charge in [0.15, 0.2) is 0 Å². The third-order valence-corrected chi connectivity index (χ3v) is 13.2. The number of para-hydroxylation sites is 3. The van der Waals surface area contributed by atoms with Gasteiger partial charge in [-0.25, -0.2) is 0 Å². The SMILES string of the molecule is c1ccc2c(c1)-c1ccccc1C21c2ccccc2-c2ccc(-n3c4ccccc4c4c5ccccc5c5c6cccc7c8ccccc8n(c76)c5c43)cc21. The van der Waals surface area contributed by atoms with Crippen molar-refractivity contribution in [1.29, 1.82) is 0 Å². The van der Waals surface area contributed by atoms with Gasteiger partial charge < -0.3 is 8.97 Å². The van der Waals surface area contributed by atoms with Crippen molar-refractivity contribution in [2.75, 3.05) is 0 Å². The van der Waals surface area contributed by atoms with Crippen LogP contribution in [0, 0.1) is 0 Å². The van der Waals surface area contributed by atoms with Gasteiger partial charge in [-0.15, -0.1) is 0 Å². The summed E-state index contributed by atoms with van der Waals surface area (Å²) in [5.41, 5.74) is 17.8. The van der Waals surface area contributed by atoms with Crippen molar-refractivity contribution >= 4 is 70.7 Å². The van der Waals surface area contributed by atoms with Crippen LogP contribution in [-0.2, 0) is 5.41 Å². The van der Waals surface area contributed by atoms with Crippen molar-refractivity contribution in [2.45, 2.75) is 5.41 Å². The lowest BCUT2D eigenvalue weighted by atomic mass is 9.70. The predicted molar refractivity (Wildman–Crippen MR) is 229 cm³/mol. The van der Waals surface area contributed by atoms with Crippen LogP contribution < -0.4 is 0 Å². The number of fused-ring (bicyclic) bond motifs is 23. The molecule has 0 radical (unpaired) electrons. The van der Waals surface area contributed by atoms with Crippen LogP contribution in [-0.4, -0.2) is 8.97 Å². The predicted octanol–water partition coefficient (Wildman–Crippen LogP) is 13.4. The first-order valence-corrected chi connectivity index (χ1v) is 19.3. The zero-order valence-electron chi connectivity index (χ0n) is 29.7. The third kappa shape index (κ3) is 3.12. The fourth-order valence-electron chi connectivity index (χ4n) is 11.3. The molecule has 2 heteroatoms. The lowest BCUT2D eigenvalue weighted by Gasteiger charge is -2.30. The van der Waals surface area contributed by atoms with Gasteiger partial charge in [-0.1, -0.05) is 158 Å². The number of hydrogen-bond donors (Lipinski definition) is 0. The Morgan fingerprint density at radius 1 is 0.309 bits per heavy atom. The second-order valence-electron chi connectivity index (χ2n) is 15.5. The van der Waals surface area contributed by atoms with E-state index in [1.54, 1.807) is 0 Å². The van der Waals surface area contributed by atoms with Crippen LogP contribution in [0.3, 0.4) is 0 Å². The van der Waals surface area contributed by atoms with Gasteiger partial charge in [-0.3, -0.25) is 0 Å². The number of aromatic nitrogens is 2. The molecule has 0 unspecified atom stereocenters. The van der Waals surface area contributed by atoms with Gasteiger partial charge in [-0.2, -0.15) is 0 Å². The van der Waals surface area contributed by atoms with E-state index in [9.17, 15) is 0 Å². The van der Waals surface area contributed by atoms with Crippen LogP contribution in [0.5, 0.6) is 0 Å². The molecule has 2 aliphatic rings. The van der Waals surface area contributed by atoms with E-state index in [4.69, 9.17) is 0 Å². The summed E-state index contributed by atoms with van der Waals surface area (Å²) < 4.78 is 5.17. The van der Waals surface area contributed by atoms with Crippen molar-refractivity contribution in [3.8, 4) is 27.9 Å². The molecule has 0 atom stereocenters. The van der Waals surface area contributed by atoms with E-state index < -0.39 is 5.41 Å². The highest BCUT2D eigenvalue weighted by atomic mass is 15.0. The van der Waals surface area contributed by atoms with Gasteiger partial charge in [-0.05, 0) is 79.5 Å². The first-order valence-electron chi connectivity index (χ1n) is 19.3. The van der Waals surface area contributed by atoms with Crippen molar-refractivity contribution in [3.63, 3.8) is 0 Å². The second kappa shape index (κ2) is 9.68. The Kier molecular flexibility index (Phi) is 4.99. The summed E-state index contributed by atoms with van der Waals surface area (Å²) in [6.45, 7) is 0. The highest BCUT2D eigenvalue weighted by molar-refractivity contribution is 6.38. The summed E-state index contributed by atoms with van der Waals surface area (Å²) >= 11 is 0. The van der Waals surface area contributed by atoms with Crippen LogP contribution in [0.15, 0.2) is 182 Å². The first-order chi connectivity index (χ1) is 27.3. The molecule has 2 aliphatic carbocycles. The molecule has 252 valence electrons. The number of nitrogens with zero attached hydrogens (tertiary/aromatic N) is 2. The summed E-state index contributed by atoms with van der Waals surface area (Å²) in [5.74, 6) is 0. The van der Waals surface area contributed by atoms with E-state index in [2.05, 4.69) is 191 Å². The summed E-state index contributed by atoms with van der Waals surface area (Å²) in [6.07, 6.45) is 0. The van der Waals surface area contributed by atoms with E-state index in [1.807, 2.05) is 0 Å². The van der Waals surface area contributed by atoms with Crippen LogP contribution >= 0.6 is 0 Å². The Labute approximate surface area is 316 Å². The van der Waals surface area contributed by atoms with E-state index in [1.165, 1.54) is 121 Å². The second-order valence-corrected chi connectivity index (χ2v) is 15.5. The molecule has 0 saturated heterocycles. The number of benzene rings is 9. The van der Waals surface area contributed by atoms with Crippen molar-refractivity contribution < 1.29 is 0 Å². The summed E-state index contributed by atoms with van der Waals surface area (Å²) in [6, 6.07) is 68.5. The minimum Gasteiger partial charge on any atom is -0.307 e. The Morgan fingerprint density at radius 2 is 0.800 bits per heavy atom. The Balaban J connectivity index is 1.21. The maximum atomic E-state index is 2.59. The minimum absolute atomic E-state index is 0.415. The van der Waals surface area contributed by atoms with E-state index in [0.717, 1.165) is 0 Å². The molecule has 0 N–H and O–H groups in total. The highest BCUT2D eigenvalue weighted by Crippen LogP contribution is 2.63. The van der Waals surface area contributed by atoms with E-state index in [-0.39, 0.29) is 0 Å². The summed E-state index contributed by atoms with van der Waals surface area (Å²) in [5, 5.41) is 10.4. The molecule has 0 fully saturated rings. The fraction of sp³-hybridized carbons (Fsp3) is 0.0189. The largest absolute Gasteiger partial charge is 0.307 e. The van der Waals surface area contributed by atoms with Gasteiger partial charge in [0.25, 0.3) is 0 Å². The van der Waals surface area contributed by atoms with Crippen LogP contribution in [0.25, 0.3) is 98.6 Å². The quantitative estimate of drug-likeness (QED) is 0.162. The summed E-state index contributed by atoms with van der Waals surface area (Å²) in [7, 11) is 0. The molecule has 3 aromatic heterocycles. The molecule has 2 nitrogen and oxygen atoms in total. The molecule has 3 heterocycles. The minimum atomic E-state index is -0.415. The highest BCUT2D eigenvalue weighted by Gasteiger charge is 2.51. The normalized spacial score (nSPS) is 14.0. The Bertz CT molecular complexity index is 3600. The molecule has 9 aromatic carbocycles. The topological polar surface area (TPSA) is 9.34 Å². The summed E-state index contributed by atoms with van der Waals surface area (Å²) in [4.78, 5) is 0. The van der Waals surface area contributed by atoms with Crippen LogP contribution in [0.2, 0.25) is 0 Å². The fourth-order valence-corrected chi connectivity index (χ4v) is 11.3. The van der Waals surface area contributed by atoms with Crippen molar-refractivity contribution in [2.24, 2.45) is 0 Å². The Morgan fingerprint density at radius 3 is 1.47 bits per heavy atom. The van der Waals surface area contributed by atoms with Gasteiger partial charge >= 0.3 is 0 Å². The zero-order chi connectivity index (χ0) is 35.6. The average Bonchev–Trinajstić information content (AvgIpc) is 4.03. The monoisotopic (exact) mass is 694 g/mol. The third-order valence-electron chi connectivity index (χ3n) is 13.2. The lowest BCUT2D eigenvalue weighted by Crippen LogP contribution is -2.26. The zero-order valence-corrected chi connectivity index (χ0v) is 29.7. The first kappa shape index (κ1) is 28.4. The molecule has 55 heavy (non-hydrogen) atoms. The molecule has 0 saturated carbocycles. The Hall–Kier alpha value is -7.16. The molecule has 1 spiro atoms. The average molecular weight is 695 g/mol. The van der Waals surface area contributed by atoms with Gasteiger partial charge in [0.1, 0.15) is 0 Å². The van der Waals surface area contributed by atoms with E-state index in [0.29, 0.717) is 0 Å². The molecule has 12 aromatic rings. The molecule has 0 amide bonds. The van der Waals surface area contributed by atoms with Crippen molar-refractivity contribution in [1.82, 2.24) is 8.97 Å². The molecule has 0 bridgehead atoms. The maximum absolute atomic E-state index is 2.59. The smallest absolute Gasteiger partial charge is 0.0795 e. The lowest BCUT2D eigenvalue weighted by molar-refractivity contribution is 0.792. The van der Waals surface area contributed by atoms with E-state index >= 15 is 0 Å².